The van der Waals surface area contributed by atoms with Gasteiger partial charge >= 0.3 is 0 Å². The molecule has 0 aliphatic rings. The second kappa shape index (κ2) is 9.38. The largest absolute Gasteiger partial charge is 0.497 e. The highest BCUT2D eigenvalue weighted by Crippen LogP contribution is 2.34. The van der Waals surface area contributed by atoms with Gasteiger partial charge in [0.05, 0.1) is 40.4 Å². The van der Waals surface area contributed by atoms with Crippen molar-refractivity contribution in [3.05, 3.63) is 95.0 Å². The van der Waals surface area contributed by atoms with E-state index in [1.165, 1.54) is 16.3 Å². The van der Waals surface area contributed by atoms with Gasteiger partial charge in [0.2, 0.25) is 0 Å². The van der Waals surface area contributed by atoms with Crippen molar-refractivity contribution in [2.45, 2.75) is 17.3 Å². The van der Waals surface area contributed by atoms with Crippen molar-refractivity contribution in [1.29, 1.82) is 5.26 Å². The smallest absolute Gasteiger partial charge is 0.262 e. The van der Waals surface area contributed by atoms with Crippen LogP contribution >= 0.6 is 11.8 Å². The highest BCUT2D eigenvalue weighted by atomic mass is 32.2. The molecule has 5 rings (SSSR count). The standard InChI is InChI=1S/C27H20N4O2S/c1-33-19-11-12-20-22(18-7-3-2-4-8-18)16-26(30-24(20)15-19)34-17-25-29-23-10-6-5-9-21(23)27(32)31(25)14-13-28/h2-12,15-16H,14,17H2,1H3. The summed E-state index contributed by atoms with van der Waals surface area (Å²) in [4.78, 5) is 22.5. The minimum atomic E-state index is -0.205. The molecule has 7 heteroatoms. The van der Waals surface area contributed by atoms with E-state index in [0.29, 0.717) is 22.5 Å². The lowest BCUT2D eigenvalue weighted by Crippen LogP contribution is -2.24. The van der Waals surface area contributed by atoms with E-state index in [0.717, 1.165) is 32.8 Å². The number of benzene rings is 3. The maximum Gasteiger partial charge on any atom is 0.262 e. The van der Waals surface area contributed by atoms with E-state index < -0.39 is 0 Å². The summed E-state index contributed by atoms with van der Waals surface area (Å²) in [6, 6.07) is 27.4. The molecule has 0 radical (unpaired) electrons. The number of nitriles is 1. The van der Waals surface area contributed by atoms with Crippen molar-refractivity contribution in [1.82, 2.24) is 14.5 Å². The van der Waals surface area contributed by atoms with E-state index in [-0.39, 0.29) is 12.1 Å². The number of thioether (sulfide) groups is 1. The Morgan fingerprint density at radius 2 is 1.74 bits per heavy atom. The molecule has 6 nitrogen and oxygen atoms in total. The monoisotopic (exact) mass is 464 g/mol. The van der Waals surface area contributed by atoms with Gasteiger partial charge in [-0.3, -0.25) is 9.36 Å². The van der Waals surface area contributed by atoms with E-state index in [4.69, 9.17) is 9.72 Å². The fourth-order valence-corrected chi connectivity index (χ4v) is 4.80. The zero-order valence-corrected chi connectivity index (χ0v) is 19.2. The van der Waals surface area contributed by atoms with Crippen LogP contribution in [0, 0.1) is 11.3 Å². The molecule has 0 N–H and O–H groups in total. The van der Waals surface area contributed by atoms with Gasteiger partial charge < -0.3 is 4.74 Å². The summed E-state index contributed by atoms with van der Waals surface area (Å²) in [6.07, 6.45) is 0. The minimum Gasteiger partial charge on any atom is -0.497 e. The van der Waals surface area contributed by atoms with Crippen LogP contribution in [0.5, 0.6) is 5.75 Å². The first-order valence-electron chi connectivity index (χ1n) is 10.7. The van der Waals surface area contributed by atoms with Crippen LogP contribution in [0.4, 0.5) is 0 Å². The summed E-state index contributed by atoms with van der Waals surface area (Å²) in [7, 11) is 1.64. The van der Waals surface area contributed by atoms with Gasteiger partial charge in [0.1, 0.15) is 18.1 Å². The molecule has 0 amide bonds. The Kier molecular flexibility index (Phi) is 5.98. The van der Waals surface area contributed by atoms with Crippen LogP contribution in [-0.2, 0) is 12.3 Å². The van der Waals surface area contributed by atoms with Gasteiger partial charge in [0.15, 0.2) is 0 Å². The zero-order valence-electron chi connectivity index (χ0n) is 18.4. The molecule has 0 saturated carbocycles. The topological polar surface area (TPSA) is 80.8 Å². The van der Waals surface area contributed by atoms with Crippen LogP contribution in [0.25, 0.3) is 32.9 Å². The van der Waals surface area contributed by atoms with Crippen molar-refractivity contribution in [2.75, 3.05) is 7.11 Å². The number of aromatic nitrogens is 3. The summed E-state index contributed by atoms with van der Waals surface area (Å²) in [5.74, 6) is 1.68. The highest BCUT2D eigenvalue weighted by molar-refractivity contribution is 7.98. The Balaban J connectivity index is 1.58. The Morgan fingerprint density at radius 3 is 2.53 bits per heavy atom. The lowest BCUT2D eigenvalue weighted by Gasteiger charge is -2.13. The van der Waals surface area contributed by atoms with Gasteiger partial charge in [0.25, 0.3) is 5.56 Å². The molecule has 0 unspecified atom stereocenters. The third-order valence-corrected chi connectivity index (χ3v) is 6.50. The molecule has 3 aromatic carbocycles. The van der Waals surface area contributed by atoms with Gasteiger partial charge in [-0.25, -0.2) is 9.97 Å². The number of ether oxygens (including phenoxy) is 1. The maximum atomic E-state index is 13.0. The molecule has 0 atom stereocenters. The van der Waals surface area contributed by atoms with E-state index in [2.05, 4.69) is 29.3 Å². The Morgan fingerprint density at radius 1 is 0.941 bits per heavy atom. The van der Waals surface area contributed by atoms with E-state index >= 15 is 0 Å². The summed E-state index contributed by atoms with van der Waals surface area (Å²) >= 11 is 1.48. The quantitative estimate of drug-likeness (QED) is 0.312. The van der Waals surface area contributed by atoms with Gasteiger partial charge in [-0.1, -0.05) is 54.2 Å². The molecule has 0 fully saturated rings. The first kappa shape index (κ1) is 21.7. The third-order valence-electron chi connectivity index (χ3n) is 5.60. The van der Waals surface area contributed by atoms with E-state index in [1.807, 2.05) is 48.5 Å². The Hall–Kier alpha value is -4.15. The molecule has 5 aromatic rings. The average Bonchev–Trinajstić information content (AvgIpc) is 2.89. The fraction of sp³-hybridized carbons (Fsp3) is 0.111. The van der Waals surface area contributed by atoms with Crippen LogP contribution < -0.4 is 10.3 Å². The number of nitrogens with zero attached hydrogens (tertiary/aromatic N) is 4. The predicted molar refractivity (Wildman–Crippen MR) is 135 cm³/mol. The number of fused-ring (bicyclic) bond motifs is 2. The SMILES string of the molecule is COc1ccc2c(-c3ccccc3)cc(SCc3nc4ccccc4c(=O)n3CC#N)nc2c1. The van der Waals surface area contributed by atoms with Gasteiger partial charge in [-0.05, 0) is 41.5 Å². The number of methoxy groups -OCH3 is 1. The molecule has 0 bridgehead atoms. The second-order valence-corrected chi connectivity index (χ2v) is 8.64. The zero-order chi connectivity index (χ0) is 23.5. The lowest BCUT2D eigenvalue weighted by atomic mass is 10.0. The normalized spacial score (nSPS) is 10.9. The molecule has 0 aliphatic carbocycles. The van der Waals surface area contributed by atoms with Crippen LogP contribution in [0.2, 0.25) is 0 Å². The van der Waals surface area contributed by atoms with Gasteiger partial charge in [0, 0.05) is 11.5 Å². The van der Waals surface area contributed by atoms with E-state index in [1.54, 1.807) is 19.2 Å². The first-order valence-corrected chi connectivity index (χ1v) is 11.7. The highest BCUT2D eigenvalue weighted by Gasteiger charge is 2.14. The molecule has 166 valence electrons. The fourth-order valence-electron chi connectivity index (χ4n) is 3.94. The maximum absolute atomic E-state index is 13.0. The summed E-state index contributed by atoms with van der Waals surface area (Å²) in [6.45, 7) is -0.0514. The van der Waals surface area contributed by atoms with Crippen molar-refractivity contribution in [3.63, 3.8) is 0 Å². The number of hydrogen-bond donors (Lipinski definition) is 0. The van der Waals surface area contributed by atoms with Crippen molar-refractivity contribution in [2.24, 2.45) is 0 Å². The number of pyridine rings is 1. The molecule has 2 heterocycles. The number of para-hydroxylation sites is 1. The minimum absolute atomic E-state index is 0.0514. The molecular weight excluding hydrogens is 444 g/mol. The predicted octanol–water partition coefficient (Wildman–Crippen LogP) is 5.44. The summed E-state index contributed by atoms with van der Waals surface area (Å²) < 4.78 is 6.85. The molecular formula is C27H20N4O2S. The van der Waals surface area contributed by atoms with Gasteiger partial charge in [-0.2, -0.15) is 5.26 Å². The number of rotatable bonds is 6. The summed E-state index contributed by atoms with van der Waals surface area (Å²) in [5.41, 5.74) is 3.40. The van der Waals surface area contributed by atoms with Crippen LogP contribution in [0.15, 0.2) is 88.7 Å². The lowest BCUT2D eigenvalue weighted by molar-refractivity contribution is 0.415. The van der Waals surface area contributed by atoms with Crippen molar-refractivity contribution >= 4 is 33.6 Å². The van der Waals surface area contributed by atoms with Crippen molar-refractivity contribution < 1.29 is 4.74 Å². The van der Waals surface area contributed by atoms with Crippen LogP contribution in [-0.4, -0.2) is 21.6 Å². The van der Waals surface area contributed by atoms with E-state index in [9.17, 15) is 10.1 Å². The van der Waals surface area contributed by atoms with Crippen molar-refractivity contribution in [3.8, 4) is 22.9 Å². The summed E-state index contributed by atoms with van der Waals surface area (Å²) in [5, 5.41) is 11.6. The van der Waals surface area contributed by atoms with Crippen LogP contribution in [0.1, 0.15) is 5.82 Å². The molecule has 34 heavy (non-hydrogen) atoms. The Labute approximate surface area is 200 Å². The second-order valence-electron chi connectivity index (χ2n) is 7.64. The first-order chi connectivity index (χ1) is 16.7. The molecule has 0 spiro atoms. The average molecular weight is 465 g/mol. The third kappa shape index (κ3) is 4.12. The molecule has 0 aliphatic heterocycles. The number of hydrogen-bond acceptors (Lipinski definition) is 6. The van der Waals surface area contributed by atoms with Crippen LogP contribution in [0.3, 0.4) is 0 Å². The molecule has 2 aromatic heterocycles. The van der Waals surface area contributed by atoms with Gasteiger partial charge in [-0.15, -0.1) is 0 Å². The Bertz CT molecular complexity index is 1610. The molecule has 0 saturated heterocycles.